The van der Waals surface area contributed by atoms with Crippen molar-refractivity contribution in [3.63, 3.8) is 0 Å². The number of thiophene rings is 1. The molecule has 28 heavy (non-hydrogen) atoms. The van der Waals surface area contributed by atoms with Gasteiger partial charge in [0.05, 0.1) is 18.0 Å². The lowest BCUT2D eigenvalue weighted by Crippen LogP contribution is -2.22. The molecular weight excluding hydrogens is 390 g/mol. The van der Waals surface area contributed by atoms with Crippen molar-refractivity contribution in [3.05, 3.63) is 41.0 Å². The molecule has 1 aromatic carbocycles. The van der Waals surface area contributed by atoms with E-state index in [9.17, 15) is 4.79 Å². The third-order valence-corrected chi connectivity index (χ3v) is 7.34. The average Bonchev–Trinajstić information content (AvgIpc) is 3.06. The predicted octanol–water partition coefficient (Wildman–Crippen LogP) is 4.94. The quantitative estimate of drug-likeness (QED) is 0.474. The molecule has 1 aliphatic rings. The lowest BCUT2D eigenvalue weighted by Gasteiger charge is -2.18. The second kappa shape index (κ2) is 8.09. The first-order chi connectivity index (χ1) is 13.6. The number of anilines is 1. The number of methoxy groups -OCH3 is 1. The van der Waals surface area contributed by atoms with E-state index in [1.54, 1.807) is 24.8 Å². The number of thioether (sulfide) groups is 1. The molecule has 0 unspecified atom stereocenters. The number of carbonyl (C=O) groups excluding carboxylic acids is 1. The van der Waals surface area contributed by atoms with Crippen molar-refractivity contribution in [2.45, 2.75) is 43.4 Å². The molecule has 7 heteroatoms. The van der Waals surface area contributed by atoms with Crippen molar-refractivity contribution in [1.82, 2.24) is 9.97 Å². The molecule has 1 N–H and O–H groups in total. The summed E-state index contributed by atoms with van der Waals surface area (Å²) < 4.78 is 5.32. The molecule has 0 spiro atoms. The Labute approximate surface area is 172 Å². The fourth-order valence-corrected chi connectivity index (χ4v) is 5.90. The van der Waals surface area contributed by atoms with Crippen molar-refractivity contribution < 1.29 is 9.53 Å². The van der Waals surface area contributed by atoms with Crippen LogP contribution in [0.25, 0.3) is 10.2 Å². The van der Waals surface area contributed by atoms with Gasteiger partial charge in [-0.05, 0) is 49.8 Å². The Balaban J connectivity index is 1.57. The fraction of sp³-hybridized carbons (Fsp3) is 0.381. The molecule has 0 saturated heterocycles. The summed E-state index contributed by atoms with van der Waals surface area (Å²) in [7, 11) is 1.60. The molecule has 0 radical (unpaired) electrons. The number of aromatic nitrogens is 2. The van der Waals surface area contributed by atoms with Crippen LogP contribution in [0.2, 0.25) is 0 Å². The topological polar surface area (TPSA) is 64.1 Å². The molecule has 146 valence electrons. The molecule has 0 bridgehead atoms. The van der Waals surface area contributed by atoms with Crippen molar-refractivity contribution in [2.24, 2.45) is 5.92 Å². The van der Waals surface area contributed by atoms with Gasteiger partial charge >= 0.3 is 0 Å². The van der Waals surface area contributed by atoms with Crippen LogP contribution in [0.15, 0.2) is 35.6 Å². The molecule has 0 fully saturated rings. The number of carbonyl (C=O) groups is 1. The summed E-state index contributed by atoms with van der Waals surface area (Å²) in [6, 6.07) is 7.43. The molecular formula is C21H23N3O2S2. The number of nitrogens with one attached hydrogen (secondary N) is 1. The van der Waals surface area contributed by atoms with E-state index in [0.29, 0.717) is 11.4 Å². The molecule has 4 rings (SSSR count). The summed E-state index contributed by atoms with van der Waals surface area (Å²) in [6.07, 6.45) is 4.99. The molecule has 1 amide bonds. The first-order valence-electron chi connectivity index (χ1n) is 9.42. The van der Waals surface area contributed by atoms with Crippen molar-refractivity contribution >= 4 is 44.9 Å². The number of ether oxygens (including phenoxy) is 1. The van der Waals surface area contributed by atoms with E-state index in [0.717, 1.165) is 34.0 Å². The molecule has 2 atom stereocenters. The van der Waals surface area contributed by atoms with Gasteiger partial charge in [-0.1, -0.05) is 30.8 Å². The standard InChI is InChI=1S/C21H23N3O2S2/c1-12-8-9-14-17(10-12)28-21-18(14)20(22-11-23-21)27-13(2)19(25)24-15-6-4-5-7-16(15)26-3/h4-7,11-13H,8-10H2,1-3H3,(H,24,25)/t12-,13-/m0/s1. The van der Waals surface area contributed by atoms with E-state index in [4.69, 9.17) is 4.74 Å². The largest absolute Gasteiger partial charge is 0.495 e. The van der Waals surface area contributed by atoms with Crippen LogP contribution in [-0.2, 0) is 17.6 Å². The Morgan fingerprint density at radius 3 is 3.00 bits per heavy atom. The number of hydrogen-bond donors (Lipinski definition) is 1. The van der Waals surface area contributed by atoms with Crippen LogP contribution in [0.3, 0.4) is 0 Å². The maximum atomic E-state index is 12.8. The zero-order valence-corrected chi connectivity index (χ0v) is 17.8. The Morgan fingerprint density at radius 2 is 2.18 bits per heavy atom. The lowest BCUT2D eigenvalue weighted by atomic mass is 9.89. The minimum Gasteiger partial charge on any atom is -0.495 e. The highest BCUT2D eigenvalue weighted by atomic mass is 32.2. The molecule has 0 aliphatic heterocycles. The van der Waals surface area contributed by atoms with Gasteiger partial charge in [0.15, 0.2) is 0 Å². The van der Waals surface area contributed by atoms with Crippen LogP contribution < -0.4 is 10.1 Å². The highest BCUT2D eigenvalue weighted by Gasteiger charge is 2.25. The SMILES string of the molecule is COc1ccccc1NC(=O)[C@H](C)Sc1ncnc2sc3c(c12)CC[C@H](C)C3. The van der Waals surface area contributed by atoms with Gasteiger partial charge in [0.25, 0.3) is 0 Å². The second-order valence-corrected chi connectivity index (χ2v) is 9.57. The van der Waals surface area contributed by atoms with Crippen molar-refractivity contribution in [1.29, 1.82) is 0 Å². The Kier molecular flexibility index (Phi) is 5.55. The first kappa shape index (κ1) is 19.2. The third kappa shape index (κ3) is 3.73. The van der Waals surface area contributed by atoms with E-state index < -0.39 is 0 Å². The number of rotatable bonds is 5. The maximum Gasteiger partial charge on any atom is 0.237 e. The summed E-state index contributed by atoms with van der Waals surface area (Å²) in [5.74, 6) is 1.30. The van der Waals surface area contributed by atoms with E-state index in [1.165, 1.54) is 28.6 Å². The normalized spacial score (nSPS) is 17.2. The zero-order valence-electron chi connectivity index (χ0n) is 16.2. The lowest BCUT2D eigenvalue weighted by molar-refractivity contribution is -0.115. The highest BCUT2D eigenvalue weighted by Crippen LogP contribution is 2.41. The minimum absolute atomic E-state index is 0.0704. The van der Waals surface area contributed by atoms with E-state index in [2.05, 4.69) is 22.2 Å². The number of para-hydroxylation sites is 2. The predicted molar refractivity (Wildman–Crippen MR) is 116 cm³/mol. The van der Waals surface area contributed by atoms with Gasteiger partial charge in [-0.3, -0.25) is 4.79 Å². The van der Waals surface area contributed by atoms with Crippen LogP contribution in [0.4, 0.5) is 5.69 Å². The third-order valence-electron chi connectivity index (χ3n) is 5.08. The Bertz CT molecular complexity index is 1020. The Morgan fingerprint density at radius 1 is 1.36 bits per heavy atom. The van der Waals surface area contributed by atoms with E-state index >= 15 is 0 Å². The number of amides is 1. The molecule has 3 aromatic rings. The van der Waals surface area contributed by atoms with Crippen LogP contribution in [0.5, 0.6) is 5.75 Å². The van der Waals surface area contributed by atoms with Gasteiger partial charge in [0, 0.05) is 10.3 Å². The maximum absolute atomic E-state index is 12.8. The van der Waals surface area contributed by atoms with Gasteiger partial charge in [-0.15, -0.1) is 11.3 Å². The molecule has 1 aliphatic carbocycles. The average molecular weight is 414 g/mol. The smallest absolute Gasteiger partial charge is 0.237 e. The minimum atomic E-state index is -0.291. The zero-order chi connectivity index (χ0) is 19.7. The molecule has 2 aromatic heterocycles. The molecule has 2 heterocycles. The van der Waals surface area contributed by atoms with Gasteiger partial charge in [-0.2, -0.15) is 0 Å². The van der Waals surface area contributed by atoms with E-state index in [1.807, 2.05) is 31.2 Å². The summed E-state index contributed by atoms with van der Waals surface area (Å²) >= 11 is 3.27. The summed E-state index contributed by atoms with van der Waals surface area (Å²) in [5, 5.41) is 4.73. The van der Waals surface area contributed by atoms with Gasteiger partial charge < -0.3 is 10.1 Å². The Hall–Kier alpha value is -2.12. The number of aryl methyl sites for hydroxylation is 1. The van der Waals surface area contributed by atoms with Gasteiger partial charge in [0.2, 0.25) is 5.91 Å². The van der Waals surface area contributed by atoms with Crippen molar-refractivity contribution in [2.75, 3.05) is 12.4 Å². The fourth-order valence-electron chi connectivity index (χ4n) is 3.54. The van der Waals surface area contributed by atoms with Crippen LogP contribution >= 0.6 is 23.1 Å². The van der Waals surface area contributed by atoms with Gasteiger partial charge in [0.1, 0.15) is 21.9 Å². The number of nitrogens with zero attached hydrogens (tertiary/aromatic N) is 2. The first-order valence-corrected chi connectivity index (χ1v) is 11.1. The second-order valence-electron chi connectivity index (χ2n) is 7.16. The number of fused-ring (bicyclic) bond motifs is 3. The number of hydrogen-bond acceptors (Lipinski definition) is 6. The summed E-state index contributed by atoms with van der Waals surface area (Å²) in [4.78, 5) is 24.2. The van der Waals surface area contributed by atoms with Crippen LogP contribution in [0, 0.1) is 5.92 Å². The molecule has 5 nitrogen and oxygen atoms in total. The van der Waals surface area contributed by atoms with Crippen LogP contribution in [-0.4, -0.2) is 28.2 Å². The molecule has 0 saturated carbocycles. The summed E-state index contributed by atoms with van der Waals surface area (Å²) in [5.41, 5.74) is 2.07. The monoisotopic (exact) mass is 413 g/mol. The highest BCUT2D eigenvalue weighted by molar-refractivity contribution is 8.00. The summed E-state index contributed by atoms with van der Waals surface area (Å²) in [6.45, 7) is 4.21. The van der Waals surface area contributed by atoms with Crippen molar-refractivity contribution in [3.8, 4) is 5.75 Å². The van der Waals surface area contributed by atoms with Crippen LogP contribution in [0.1, 0.15) is 30.7 Å². The van der Waals surface area contributed by atoms with E-state index in [-0.39, 0.29) is 11.2 Å². The number of benzene rings is 1. The van der Waals surface area contributed by atoms with Gasteiger partial charge in [-0.25, -0.2) is 9.97 Å².